The number of H-pyrrole nitrogens is 1. The van der Waals surface area contributed by atoms with E-state index in [9.17, 15) is 18.8 Å². The molecule has 4 aromatic rings. The molecule has 0 spiro atoms. The number of aryl methyl sites for hydroxylation is 1. The first-order valence-electron chi connectivity index (χ1n) is 12.9. The van der Waals surface area contributed by atoms with Crippen LogP contribution in [0.4, 0.5) is 10.2 Å². The molecule has 0 radical (unpaired) electrons. The molecule has 1 amide bonds. The zero-order chi connectivity index (χ0) is 28.6. The second-order valence-corrected chi connectivity index (χ2v) is 9.94. The lowest BCUT2D eigenvalue weighted by atomic mass is 10.1. The van der Waals surface area contributed by atoms with Crippen LogP contribution in [0.15, 0.2) is 58.9 Å². The Labute approximate surface area is 233 Å². The molecule has 206 valence electrons. The fourth-order valence-electron chi connectivity index (χ4n) is 5.05. The monoisotopic (exact) mass is 563 g/mol. The molecule has 0 bridgehead atoms. The Morgan fingerprint density at radius 2 is 2.02 bits per heavy atom. The van der Waals surface area contributed by atoms with Crippen LogP contribution in [0, 0.1) is 5.82 Å². The van der Waals surface area contributed by atoms with Gasteiger partial charge >= 0.3 is 5.69 Å². The molecule has 1 aromatic carbocycles. The summed E-state index contributed by atoms with van der Waals surface area (Å²) in [6.07, 6.45) is 3.66. The van der Waals surface area contributed by atoms with Crippen molar-refractivity contribution in [3.63, 3.8) is 0 Å². The summed E-state index contributed by atoms with van der Waals surface area (Å²) >= 11 is 6.68. The van der Waals surface area contributed by atoms with Gasteiger partial charge in [0.15, 0.2) is 5.65 Å². The number of hydrogen-bond donors (Lipinski definition) is 1. The molecule has 40 heavy (non-hydrogen) atoms. The van der Waals surface area contributed by atoms with Crippen molar-refractivity contribution in [1.29, 1.82) is 0 Å². The standard InChI is InChI=1S/C28H27ClFN7O3/c1-4-8-21-24(27(39)32-15-31-21)37-26-18(13-19(29)23(33-26)17-9-6-7-10-20(17)30)25(34-28(37)40)36-12-11-35(14-16(36)3)22(38)5-2/h5-7,9-10,13,15-16H,2,4,8,11-12,14H2,1,3H3,(H,31,32,39)/t16-/m0/s1. The highest BCUT2D eigenvalue weighted by atomic mass is 35.5. The molecule has 5 rings (SSSR count). The summed E-state index contributed by atoms with van der Waals surface area (Å²) in [6, 6.07) is 7.41. The average Bonchev–Trinajstić information content (AvgIpc) is 2.94. The van der Waals surface area contributed by atoms with Crippen molar-refractivity contribution in [2.75, 3.05) is 24.5 Å². The molecular formula is C28H27ClFN7O3. The van der Waals surface area contributed by atoms with E-state index in [0.717, 1.165) is 4.57 Å². The van der Waals surface area contributed by atoms with Gasteiger partial charge < -0.3 is 14.8 Å². The molecule has 1 fully saturated rings. The van der Waals surface area contributed by atoms with E-state index >= 15 is 0 Å². The Kier molecular flexibility index (Phi) is 7.49. The van der Waals surface area contributed by atoms with Crippen LogP contribution in [0.25, 0.3) is 28.0 Å². The highest BCUT2D eigenvalue weighted by molar-refractivity contribution is 6.33. The number of piperazine rings is 1. The first kappa shape index (κ1) is 27.2. The van der Waals surface area contributed by atoms with Gasteiger partial charge in [-0.1, -0.05) is 43.7 Å². The fraction of sp³-hybridized carbons (Fsp3) is 0.286. The van der Waals surface area contributed by atoms with Crippen LogP contribution in [0.5, 0.6) is 0 Å². The maximum Gasteiger partial charge on any atom is 0.356 e. The van der Waals surface area contributed by atoms with Gasteiger partial charge in [0.25, 0.3) is 5.56 Å². The minimum absolute atomic E-state index is 0.00199. The smallest absolute Gasteiger partial charge is 0.350 e. The molecule has 4 heterocycles. The number of anilines is 1. The normalized spacial score (nSPS) is 15.4. The topological polar surface area (TPSA) is 117 Å². The third-order valence-corrected chi connectivity index (χ3v) is 7.22. The van der Waals surface area contributed by atoms with Crippen LogP contribution in [0.3, 0.4) is 0 Å². The van der Waals surface area contributed by atoms with Crippen molar-refractivity contribution in [3.8, 4) is 16.9 Å². The lowest BCUT2D eigenvalue weighted by molar-refractivity contribution is -0.126. The van der Waals surface area contributed by atoms with Crippen LogP contribution >= 0.6 is 11.6 Å². The van der Waals surface area contributed by atoms with Gasteiger partial charge in [-0.15, -0.1) is 0 Å². The number of halogens is 2. The summed E-state index contributed by atoms with van der Waals surface area (Å²) in [5.74, 6) is -0.415. The van der Waals surface area contributed by atoms with Crippen molar-refractivity contribution in [3.05, 3.63) is 86.7 Å². The van der Waals surface area contributed by atoms with E-state index in [4.69, 9.17) is 11.6 Å². The van der Waals surface area contributed by atoms with Gasteiger partial charge in [-0.3, -0.25) is 9.59 Å². The number of amides is 1. The predicted octanol–water partition coefficient (Wildman–Crippen LogP) is 3.50. The molecule has 0 unspecified atom stereocenters. The zero-order valence-corrected chi connectivity index (χ0v) is 22.8. The predicted molar refractivity (Wildman–Crippen MR) is 152 cm³/mol. The van der Waals surface area contributed by atoms with E-state index in [2.05, 4.69) is 26.5 Å². The van der Waals surface area contributed by atoms with Gasteiger partial charge in [-0.2, -0.15) is 4.98 Å². The number of pyridine rings is 1. The maximum atomic E-state index is 14.8. The maximum absolute atomic E-state index is 14.8. The van der Waals surface area contributed by atoms with Crippen LogP contribution in [0.1, 0.15) is 26.0 Å². The van der Waals surface area contributed by atoms with E-state index in [-0.39, 0.29) is 39.6 Å². The number of carbonyl (C=O) groups is 1. The van der Waals surface area contributed by atoms with Crippen LogP contribution in [-0.2, 0) is 11.2 Å². The molecule has 1 N–H and O–H groups in total. The number of fused-ring (bicyclic) bond motifs is 1. The van der Waals surface area contributed by atoms with Gasteiger partial charge in [0.1, 0.15) is 17.3 Å². The third-order valence-electron chi connectivity index (χ3n) is 6.93. The number of aromatic nitrogens is 5. The molecule has 12 heteroatoms. The molecule has 10 nitrogen and oxygen atoms in total. The van der Waals surface area contributed by atoms with E-state index < -0.39 is 17.1 Å². The Morgan fingerprint density at radius 1 is 1.25 bits per heavy atom. The number of nitrogens with one attached hydrogen (secondary N) is 1. The highest BCUT2D eigenvalue weighted by Gasteiger charge is 2.30. The molecule has 0 aliphatic carbocycles. The number of nitrogens with zero attached hydrogens (tertiary/aromatic N) is 6. The van der Waals surface area contributed by atoms with Gasteiger partial charge in [0, 0.05) is 31.2 Å². The molecule has 1 aliphatic heterocycles. The van der Waals surface area contributed by atoms with E-state index in [0.29, 0.717) is 49.4 Å². The first-order chi connectivity index (χ1) is 19.2. The van der Waals surface area contributed by atoms with Gasteiger partial charge in [-0.25, -0.2) is 23.7 Å². The number of benzene rings is 1. The highest BCUT2D eigenvalue weighted by Crippen LogP contribution is 2.35. The minimum Gasteiger partial charge on any atom is -0.350 e. The molecule has 1 aliphatic rings. The third kappa shape index (κ3) is 4.77. The first-order valence-corrected chi connectivity index (χ1v) is 13.3. The Hall–Kier alpha value is -4.38. The Morgan fingerprint density at radius 3 is 2.73 bits per heavy atom. The van der Waals surface area contributed by atoms with Crippen molar-refractivity contribution in [2.24, 2.45) is 0 Å². The minimum atomic E-state index is -0.746. The number of rotatable bonds is 6. The van der Waals surface area contributed by atoms with Crippen LogP contribution < -0.4 is 16.1 Å². The van der Waals surface area contributed by atoms with Gasteiger partial charge in [-0.05, 0) is 37.6 Å². The van der Waals surface area contributed by atoms with Crippen molar-refractivity contribution in [1.82, 2.24) is 29.4 Å². The van der Waals surface area contributed by atoms with Gasteiger partial charge in [0.05, 0.1) is 28.1 Å². The van der Waals surface area contributed by atoms with Crippen LogP contribution in [0.2, 0.25) is 5.02 Å². The van der Waals surface area contributed by atoms with Crippen molar-refractivity contribution >= 4 is 34.4 Å². The van der Waals surface area contributed by atoms with E-state index in [1.165, 1.54) is 24.5 Å². The average molecular weight is 564 g/mol. The van der Waals surface area contributed by atoms with E-state index in [1.54, 1.807) is 23.1 Å². The van der Waals surface area contributed by atoms with Gasteiger partial charge in [0.2, 0.25) is 5.91 Å². The molecule has 1 atom stereocenters. The quantitative estimate of drug-likeness (QED) is 0.357. The Bertz CT molecular complexity index is 1750. The Balaban J connectivity index is 1.81. The van der Waals surface area contributed by atoms with Crippen molar-refractivity contribution < 1.29 is 9.18 Å². The molecule has 1 saturated heterocycles. The molecule has 3 aromatic heterocycles. The molecule has 0 saturated carbocycles. The summed E-state index contributed by atoms with van der Waals surface area (Å²) < 4.78 is 16.0. The number of hydrogen-bond acceptors (Lipinski definition) is 7. The summed E-state index contributed by atoms with van der Waals surface area (Å²) in [7, 11) is 0. The fourth-order valence-corrected chi connectivity index (χ4v) is 5.30. The molecular weight excluding hydrogens is 537 g/mol. The largest absolute Gasteiger partial charge is 0.356 e. The second-order valence-electron chi connectivity index (χ2n) is 9.53. The summed E-state index contributed by atoms with van der Waals surface area (Å²) in [6.45, 7) is 8.56. The van der Waals surface area contributed by atoms with Crippen LogP contribution in [-0.4, -0.2) is 61.0 Å². The lowest BCUT2D eigenvalue weighted by Gasteiger charge is -2.40. The zero-order valence-electron chi connectivity index (χ0n) is 22.0. The number of aromatic amines is 1. The SMILES string of the molecule is C=CC(=O)N1CCN(c2nc(=O)n(-c3c(CCC)nc[nH]c3=O)c3nc(-c4ccccc4F)c(Cl)cc23)[C@@H](C)C1. The summed E-state index contributed by atoms with van der Waals surface area (Å²) in [4.78, 5) is 58.6. The lowest BCUT2D eigenvalue weighted by Crippen LogP contribution is -2.54. The second kappa shape index (κ2) is 11.0. The van der Waals surface area contributed by atoms with Crippen molar-refractivity contribution in [2.45, 2.75) is 32.7 Å². The van der Waals surface area contributed by atoms with E-state index in [1.807, 2.05) is 18.7 Å². The summed E-state index contributed by atoms with van der Waals surface area (Å²) in [5, 5.41) is 0.540. The number of carbonyl (C=O) groups excluding carboxylic acids is 1. The summed E-state index contributed by atoms with van der Waals surface area (Å²) in [5.41, 5.74) is -0.532.